The minimum atomic E-state index is 0.226. The largest absolute Gasteiger partial charge is 0.490 e. The number of aromatic nitrogens is 4. The number of nitriles is 1. The van der Waals surface area contributed by atoms with Crippen molar-refractivity contribution in [1.82, 2.24) is 24.5 Å². The fourth-order valence-electron chi connectivity index (χ4n) is 6.40. The van der Waals surface area contributed by atoms with E-state index in [-0.39, 0.29) is 6.10 Å². The summed E-state index contributed by atoms with van der Waals surface area (Å²) in [5.74, 6) is 2.27. The molecule has 4 fully saturated rings. The maximum absolute atomic E-state index is 9.75. The Morgan fingerprint density at radius 2 is 1.88 bits per heavy atom. The van der Waals surface area contributed by atoms with Gasteiger partial charge < -0.3 is 23.8 Å². The topological polar surface area (TPSA) is 110 Å². The van der Waals surface area contributed by atoms with Gasteiger partial charge in [-0.1, -0.05) is 6.07 Å². The van der Waals surface area contributed by atoms with Crippen molar-refractivity contribution in [2.24, 2.45) is 0 Å². The molecule has 0 aromatic carbocycles. The van der Waals surface area contributed by atoms with E-state index >= 15 is 0 Å². The number of piperidine rings is 1. The molecule has 11 nitrogen and oxygen atoms in total. The molecule has 4 aromatic heterocycles. The molecule has 2 unspecified atom stereocenters. The fourth-order valence-corrected chi connectivity index (χ4v) is 6.40. The number of rotatable bonds is 10. The molecule has 4 aliphatic rings. The van der Waals surface area contributed by atoms with Crippen molar-refractivity contribution in [2.45, 2.75) is 44.0 Å². The third kappa shape index (κ3) is 5.73. The molecule has 0 aliphatic carbocycles. The number of piperazine rings is 1. The molecule has 8 heterocycles. The van der Waals surface area contributed by atoms with Crippen molar-refractivity contribution in [3.63, 3.8) is 0 Å². The van der Waals surface area contributed by atoms with Crippen LogP contribution in [-0.2, 0) is 16.0 Å². The van der Waals surface area contributed by atoms with Gasteiger partial charge in [-0.15, -0.1) is 0 Å². The maximum atomic E-state index is 9.75. The molecule has 0 N–H and O–H groups in total. The van der Waals surface area contributed by atoms with Crippen LogP contribution < -0.4 is 14.4 Å². The molecule has 11 heteroatoms. The quantitative estimate of drug-likeness (QED) is 0.257. The number of hydrogen-bond acceptors (Lipinski definition) is 10. The van der Waals surface area contributed by atoms with Crippen LogP contribution in [0.3, 0.4) is 0 Å². The zero-order valence-corrected chi connectivity index (χ0v) is 24.3. The number of fused-ring (bicyclic) bond motifs is 3. The van der Waals surface area contributed by atoms with E-state index in [0.717, 1.165) is 68.2 Å². The van der Waals surface area contributed by atoms with Crippen LogP contribution in [-0.4, -0.2) is 89.3 Å². The van der Waals surface area contributed by atoms with Crippen LogP contribution in [0.1, 0.15) is 30.4 Å². The van der Waals surface area contributed by atoms with E-state index in [9.17, 15) is 5.26 Å². The lowest BCUT2D eigenvalue weighted by molar-refractivity contribution is -0.0388. The van der Waals surface area contributed by atoms with Crippen LogP contribution in [0.4, 0.5) is 5.82 Å². The molecule has 4 saturated heterocycles. The molecule has 2 atom stereocenters. The van der Waals surface area contributed by atoms with E-state index < -0.39 is 0 Å². The molecule has 43 heavy (non-hydrogen) atoms. The first-order chi connectivity index (χ1) is 21.2. The highest BCUT2D eigenvalue weighted by Crippen LogP contribution is 2.36. The summed E-state index contributed by atoms with van der Waals surface area (Å²) in [6, 6.07) is 13.4. The molecule has 0 amide bonds. The highest BCUT2D eigenvalue weighted by molar-refractivity contribution is 5.85. The van der Waals surface area contributed by atoms with Gasteiger partial charge in [0.2, 0.25) is 5.88 Å². The predicted octanol–water partition coefficient (Wildman–Crippen LogP) is 3.71. The van der Waals surface area contributed by atoms with Crippen LogP contribution in [0.5, 0.6) is 11.6 Å². The molecule has 0 spiro atoms. The third-order valence-corrected chi connectivity index (χ3v) is 8.68. The summed E-state index contributed by atoms with van der Waals surface area (Å²) >= 11 is 0. The van der Waals surface area contributed by atoms with Crippen molar-refractivity contribution in [3.8, 4) is 28.8 Å². The van der Waals surface area contributed by atoms with Gasteiger partial charge in [0.15, 0.2) is 0 Å². The molecule has 4 aromatic rings. The van der Waals surface area contributed by atoms with E-state index in [4.69, 9.17) is 23.9 Å². The van der Waals surface area contributed by atoms with Crippen molar-refractivity contribution < 1.29 is 18.9 Å². The van der Waals surface area contributed by atoms with Gasteiger partial charge in [0.1, 0.15) is 24.2 Å². The van der Waals surface area contributed by atoms with E-state index in [2.05, 4.69) is 44.2 Å². The molecule has 4 aliphatic heterocycles. The highest BCUT2D eigenvalue weighted by Gasteiger charge is 2.44. The Bertz CT molecular complexity index is 1580. The minimum Gasteiger partial charge on any atom is -0.490 e. The molecule has 0 saturated carbocycles. The molecule has 222 valence electrons. The summed E-state index contributed by atoms with van der Waals surface area (Å²) < 4.78 is 24.3. The number of ether oxygens (including phenoxy) is 4. The molecular weight excluding hydrogens is 546 g/mol. The summed E-state index contributed by atoms with van der Waals surface area (Å²) in [7, 11) is 1.64. The van der Waals surface area contributed by atoms with Gasteiger partial charge in [-0.25, -0.2) is 14.5 Å². The fraction of sp³-hybridized carbons (Fsp3) is 0.438. The number of pyridine rings is 3. The van der Waals surface area contributed by atoms with Gasteiger partial charge in [0.05, 0.1) is 43.3 Å². The second-order valence-corrected chi connectivity index (χ2v) is 11.3. The van der Waals surface area contributed by atoms with E-state index in [1.54, 1.807) is 17.8 Å². The summed E-state index contributed by atoms with van der Waals surface area (Å²) in [6.07, 6.45) is 10.5. The van der Waals surface area contributed by atoms with Crippen LogP contribution >= 0.6 is 0 Å². The van der Waals surface area contributed by atoms with Gasteiger partial charge >= 0.3 is 0 Å². The Hall–Kier alpha value is -4.24. The van der Waals surface area contributed by atoms with Crippen molar-refractivity contribution >= 4 is 11.3 Å². The van der Waals surface area contributed by atoms with E-state index in [0.29, 0.717) is 42.5 Å². The second-order valence-electron chi connectivity index (χ2n) is 11.3. The van der Waals surface area contributed by atoms with Gasteiger partial charge in [-0.05, 0) is 43.0 Å². The monoisotopic (exact) mass is 581 g/mol. The van der Waals surface area contributed by atoms with Crippen LogP contribution in [0.15, 0.2) is 55.1 Å². The predicted molar refractivity (Wildman–Crippen MR) is 159 cm³/mol. The Morgan fingerprint density at radius 3 is 2.60 bits per heavy atom. The number of nitrogens with zero attached hydrogens (tertiary/aromatic N) is 7. The molecule has 0 radical (unpaired) electrons. The summed E-state index contributed by atoms with van der Waals surface area (Å²) in [5, 5.41) is 14.2. The van der Waals surface area contributed by atoms with E-state index in [1.807, 2.05) is 30.7 Å². The van der Waals surface area contributed by atoms with Gasteiger partial charge in [-0.2, -0.15) is 10.4 Å². The molecule has 2 bridgehead atoms. The van der Waals surface area contributed by atoms with Gasteiger partial charge in [0.25, 0.3) is 0 Å². The standard InChI is InChI=1S/C32H35N7O4/c1-40-31-5-2-22(15-35-31)18-38-25-12-26(38)20-37(19-25)30-4-3-23(16-34-30)29-13-28(21-39-32(29)24(14-33)17-36-39)43-11-10-42-27-6-8-41-9-7-27/h2-5,13,15-17,21,25-27H,6-12,18-20H2,1H3. The number of methoxy groups -OCH3 is 1. The Morgan fingerprint density at radius 1 is 1.02 bits per heavy atom. The van der Waals surface area contributed by atoms with Crippen LogP contribution in [0, 0.1) is 11.3 Å². The van der Waals surface area contributed by atoms with Crippen LogP contribution in [0.25, 0.3) is 16.6 Å². The van der Waals surface area contributed by atoms with Crippen molar-refractivity contribution in [1.29, 1.82) is 5.26 Å². The van der Waals surface area contributed by atoms with E-state index in [1.165, 1.54) is 12.0 Å². The lowest BCUT2D eigenvalue weighted by Gasteiger charge is -2.56. The average molecular weight is 582 g/mol. The lowest BCUT2D eigenvalue weighted by atomic mass is 9.87. The first-order valence-corrected chi connectivity index (χ1v) is 14.9. The summed E-state index contributed by atoms with van der Waals surface area (Å²) in [4.78, 5) is 14.2. The zero-order chi connectivity index (χ0) is 29.2. The smallest absolute Gasteiger partial charge is 0.212 e. The van der Waals surface area contributed by atoms with Gasteiger partial charge in [-0.3, -0.25) is 4.90 Å². The zero-order valence-electron chi connectivity index (χ0n) is 24.3. The third-order valence-electron chi connectivity index (χ3n) is 8.68. The first-order valence-electron chi connectivity index (χ1n) is 14.9. The Balaban J connectivity index is 1.03. The Labute approximate surface area is 250 Å². The summed E-state index contributed by atoms with van der Waals surface area (Å²) in [6.45, 7) is 5.21. The highest BCUT2D eigenvalue weighted by atomic mass is 16.5. The minimum absolute atomic E-state index is 0.226. The lowest BCUT2D eigenvalue weighted by Crippen LogP contribution is -2.68. The number of hydrogen-bond donors (Lipinski definition) is 0. The van der Waals surface area contributed by atoms with Crippen molar-refractivity contribution in [3.05, 3.63) is 66.2 Å². The van der Waals surface area contributed by atoms with Crippen molar-refractivity contribution in [2.75, 3.05) is 51.5 Å². The summed E-state index contributed by atoms with van der Waals surface area (Å²) in [5.41, 5.74) is 4.22. The number of anilines is 1. The maximum Gasteiger partial charge on any atom is 0.212 e. The average Bonchev–Trinajstić information content (AvgIpc) is 3.49. The second kappa shape index (κ2) is 12.2. The SMILES string of the molecule is COc1ccc(CN2C3CC2CN(c2ccc(-c4cc(OCCOC5CCOCC5)cn5ncc(C#N)c45)cn2)C3)cn1. The molecular formula is C32H35N7O4. The molecule has 8 rings (SSSR count). The first kappa shape index (κ1) is 27.6. The van der Waals surface area contributed by atoms with Gasteiger partial charge in [0, 0.05) is 74.5 Å². The normalized spacial score (nSPS) is 20.5. The Kier molecular flexibility index (Phi) is 7.80. The van der Waals surface area contributed by atoms with Crippen LogP contribution in [0.2, 0.25) is 0 Å².